The molecule has 0 bridgehead atoms. The van der Waals surface area contributed by atoms with Crippen LogP contribution in [0.2, 0.25) is 0 Å². The number of phenols is 1. The van der Waals surface area contributed by atoms with Gasteiger partial charge >= 0.3 is 5.97 Å². The van der Waals surface area contributed by atoms with E-state index in [1.807, 2.05) is 0 Å². The van der Waals surface area contributed by atoms with E-state index in [0.717, 1.165) is 0 Å². The molecule has 14 nitrogen and oxygen atoms in total. The van der Waals surface area contributed by atoms with Crippen molar-refractivity contribution in [2.45, 2.75) is 70.1 Å². The summed E-state index contributed by atoms with van der Waals surface area (Å²) in [6, 6.07) is 0.687. The molecule has 0 aliphatic rings. The number of hydrogen-bond donors (Lipinski definition) is 8. The van der Waals surface area contributed by atoms with Crippen LogP contribution in [0.4, 0.5) is 0 Å². The van der Waals surface area contributed by atoms with Gasteiger partial charge in [0.05, 0.1) is 12.5 Å². The quantitative estimate of drug-likeness (QED) is 0.116. The van der Waals surface area contributed by atoms with E-state index in [1.54, 1.807) is 13.8 Å². The maximum Gasteiger partial charge on any atom is 0.326 e. The Morgan fingerprint density at radius 1 is 0.816 bits per heavy atom. The largest absolute Gasteiger partial charge is 0.508 e. The van der Waals surface area contributed by atoms with Crippen LogP contribution in [0.15, 0.2) is 24.3 Å². The zero-order chi connectivity index (χ0) is 29.0. The summed E-state index contributed by atoms with van der Waals surface area (Å²) in [5.74, 6) is -5.54. The van der Waals surface area contributed by atoms with Gasteiger partial charge in [-0.05, 0) is 36.5 Å². The van der Waals surface area contributed by atoms with Crippen molar-refractivity contribution in [2.75, 3.05) is 0 Å². The van der Waals surface area contributed by atoms with E-state index in [1.165, 1.54) is 24.3 Å². The Bertz CT molecular complexity index is 1010. The number of carboxylic acid groups (broad SMARTS) is 1. The molecule has 0 spiro atoms. The second-order valence-electron chi connectivity index (χ2n) is 9.30. The third-order valence-corrected chi connectivity index (χ3v) is 5.41. The van der Waals surface area contributed by atoms with Crippen molar-refractivity contribution >= 4 is 35.5 Å². The van der Waals surface area contributed by atoms with Gasteiger partial charge in [-0.2, -0.15) is 0 Å². The first-order valence-corrected chi connectivity index (χ1v) is 11.9. The number of phenolic OH excluding ortho intramolecular Hbond substituents is 1. The van der Waals surface area contributed by atoms with Crippen molar-refractivity contribution in [3.63, 3.8) is 0 Å². The highest BCUT2D eigenvalue weighted by Gasteiger charge is 2.31. The van der Waals surface area contributed by atoms with Crippen molar-refractivity contribution in [1.29, 1.82) is 0 Å². The summed E-state index contributed by atoms with van der Waals surface area (Å²) >= 11 is 0. The first kappa shape index (κ1) is 31.8. The van der Waals surface area contributed by atoms with Crippen molar-refractivity contribution in [2.24, 2.45) is 23.1 Å². The topological polar surface area (TPSA) is 257 Å². The molecule has 1 rings (SSSR count). The van der Waals surface area contributed by atoms with Gasteiger partial charge in [-0.3, -0.25) is 24.0 Å². The van der Waals surface area contributed by atoms with Gasteiger partial charge in [0, 0.05) is 12.8 Å². The zero-order valence-electron chi connectivity index (χ0n) is 21.3. The van der Waals surface area contributed by atoms with E-state index >= 15 is 0 Å². The van der Waals surface area contributed by atoms with Crippen LogP contribution >= 0.6 is 0 Å². The molecular weight excluding hydrogens is 500 g/mol. The molecule has 38 heavy (non-hydrogen) atoms. The molecule has 11 N–H and O–H groups in total. The standard InChI is InChI=1S/C24H36N6O8/c1-12(2)9-16(22(35)30-18(24(37)38)11-20(27)33)29-23(36)17(10-13-3-5-14(31)6-4-13)28-21(34)15(25)7-8-19(26)32/h3-6,12,15-18,31H,7-11,25H2,1-2H3,(H2,26,32)(H2,27,33)(H,28,34)(H,29,36)(H,30,35)(H,37,38). The fourth-order valence-electron chi connectivity index (χ4n) is 3.43. The van der Waals surface area contributed by atoms with E-state index < -0.39 is 66.1 Å². The van der Waals surface area contributed by atoms with Crippen LogP contribution in [0.1, 0.15) is 45.1 Å². The summed E-state index contributed by atoms with van der Waals surface area (Å²) in [6.45, 7) is 3.55. The predicted molar refractivity (Wildman–Crippen MR) is 135 cm³/mol. The molecule has 210 valence electrons. The number of nitrogens with two attached hydrogens (primary N) is 3. The van der Waals surface area contributed by atoms with E-state index in [-0.39, 0.29) is 37.4 Å². The molecule has 1 aromatic carbocycles. The van der Waals surface area contributed by atoms with Gasteiger partial charge in [0.15, 0.2) is 0 Å². The van der Waals surface area contributed by atoms with E-state index in [0.29, 0.717) is 5.56 Å². The summed E-state index contributed by atoms with van der Waals surface area (Å²) in [5.41, 5.74) is 16.5. The number of nitrogens with one attached hydrogen (secondary N) is 3. The maximum absolute atomic E-state index is 13.3. The second kappa shape index (κ2) is 15.1. The Morgan fingerprint density at radius 2 is 1.34 bits per heavy atom. The van der Waals surface area contributed by atoms with E-state index in [9.17, 15) is 39.0 Å². The average Bonchev–Trinajstić information content (AvgIpc) is 2.81. The van der Waals surface area contributed by atoms with E-state index in [2.05, 4.69) is 16.0 Å². The molecule has 0 aliphatic heterocycles. The lowest BCUT2D eigenvalue weighted by Gasteiger charge is -2.26. The van der Waals surface area contributed by atoms with E-state index in [4.69, 9.17) is 17.2 Å². The molecule has 4 atom stereocenters. The van der Waals surface area contributed by atoms with Crippen molar-refractivity contribution < 1.29 is 39.0 Å². The van der Waals surface area contributed by atoms with Crippen molar-refractivity contribution in [1.82, 2.24) is 16.0 Å². The lowest BCUT2D eigenvalue weighted by atomic mass is 10.00. The second-order valence-corrected chi connectivity index (χ2v) is 9.30. The number of amides is 5. The molecule has 5 amide bonds. The van der Waals surface area contributed by atoms with Gasteiger partial charge in [-0.1, -0.05) is 26.0 Å². The Morgan fingerprint density at radius 3 is 1.84 bits per heavy atom. The van der Waals surface area contributed by atoms with Gasteiger partial charge in [-0.15, -0.1) is 0 Å². The third-order valence-electron chi connectivity index (χ3n) is 5.41. The minimum absolute atomic E-state index is 0.00937. The first-order valence-electron chi connectivity index (χ1n) is 11.9. The van der Waals surface area contributed by atoms with Crippen LogP contribution in [0, 0.1) is 5.92 Å². The molecule has 0 saturated carbocycles. The summed E-state index contributed by atoms with van der Waals surface area (Å²) in [4.78, 5) is 72.5. The fourth-order valence-corrected chi connectivity index (χ4v) is 3.43. The van der Waals surface area contributed by atoms with Crippen molar-refractivity contribution in [3.05, 3.63) is 29.8 Å². The lowest BCUT2D eigenvalue weighted by molar-refractivity contribution is -0.144. The number of carboxylic acids is 1. The monoisotopic (exact) mass is 536 g/mol. The predicted octanol–water partition coefficient (Wildman–Crippen LogP) is -2.01. The number of carbonyl (C=O) groups is 6. The summed E-state index contributed by atoms with van der Waals surface area (Å²) in [6.07, 6.45) is -0.778. The molecule has 0 fully saturated rings. The molecule has 0 aromatic heterocycles. The highest BCUT2D eigenvalue weighted by molar-refractivity contribution is 5.95. The normalized spacial score (nSPS) is 14.0. The van der Waals surface area contributed by atoms with Gasteiger partial charge in [0.2, 0.25) is 29.5 Å². The number of aliphatic carboxylic acids is 1. The Labute approximate surface area is 219 Å². The minimum Gasteiger partial charge on any atom is -0.508 e. The van der Waals surface area contributed by atoms with Crippen LogP contribution < -0.4 is 33.2 Å². The van der Waals surface area contributed by atoms with Gasteiger partial charge in [-0.25, -0.2) is 4.79 Å². The highest BCUT2D eigenvalue weighted by atomic mass is 16.4. The highest BCUT2D eigenvalue weighted by Crippen LogP contribution is 2.13. The van der Waals surface area contributed by atoms with Crippen LogP contribution in [0.3, 0.4) is 0 Å². The van der Waals surface area contributed by atoms with Gasteiger partial charge < -0.3 is 43.4 Å². The summed E-state index contributed by atoms with van der Waals surface area (Å²) in [7, 11) is 0. The smallest absolute Gasteiger partial charge is 0.326 e. The number of rotatable bonds is 16. The molecule has 0 heterocycles. The Balaban J connectivity index is 3.14. The fraction of sp³-hybridized carbons (Fsp3) is 0.500. The Hall–Kier alpha value is -4.20. The third kappa shape index (κ3) is 11.7. The average molecular weight is 537 g/mol. The number of aromatic hydroxyl groups is 1. The van der Waals surface area contributed by atoms with Crippen LogP contribution in [0.5, 0.6) is 5.75 Å². The van der Waals surface area contributed by atoms with Gasteiger partial charge in [0.1, 0.15) is 23.9 Å². The number of primary amides is 2. The number of carbonyl (C=O) groups excluding carboxylic acids is 5. The van der Waals surface area contributed by atoms with Crippen molar-refractivity contribution in [3.8, 4) is 5.75 Å². The van der Waals surface area contributed by atoms with Crippen LogP contribution in [-0.2, 0) is 35.2 Å². The van der Waals surface area contributed by atoms with Gasteiger partial charge in [0.25, 0.3) is 0 Å². The first-order chi connectivity index (χ1) is 17.7. The molecule has 0 saturated heterocycles. The maximum atomic E-state index is 13.3. The Kier molecular flexibility index (Phi) is 12.7. The lowest BCUT2D eigenvalue weighted by Crippen LogP contribution is -2.58. The van der Waals surface area contributed by atoms with Crippen LogP contribution in [-0.4, -0.2) is 69.9 Å². The van der Waals surface area contributed by atoms with Crippen LogP contribution in [0.25, 0.3) is 0 Å². The minimum atomic E-state index is -1.60. The molecule has 1 aromatic rings. The molecular formula is C24H36N6O8. The molecule has 0 aliphatic carbocycles. The SMILES string of the molecule is CC(C)CC(NC(=O)C(Cc1ccc(O)cc1)NC(=O)C(N)CCC(N)=O)C(=O)NC(CC(N)=O)C(=O)O. The summed E-state index contributed by atoms with van der Waals surface area (Å²) < 4.78 is 0. The zero-order valence-corrected chi connectivity index (χ0v) is 21.3. The number of hydrogen-bond acceptors (Lipinski definition) is 8. The molecule has 0 radical (unpaired) electrons. The number of benzene rings is 1. The molecule has 4 unspecified atom stereocenters. The molecule has 14 heteroatoms. The summed E-state index contributed by atoms with van der Waals surface area (Å²) in [5, 5.41) is 26.1.